The Morgan fingerprint density at radius 2 is 0.890 bits per heavy atom. The Bertz CT molecular complexity index is 4160. The Morgan fingerprint density at radius 1 is 0.484 bits per heavy atom. The number of nitrogens with zero attached hydrogens (tertiary/aromatic N) is 6. The van der Waals surface area contributed by atoms with Gasteiger partial charge in [-0.3, -0.25) is 14.7 Å². The van der Waals surface area contributed by atoms with E-state index in [9.17, 15) is 49.9 Å². The highest BCUT2D eigenvalue weighted by Gasteiger charge is 2.42. The summed E-state index contributed by atoms with van der Waals surface area (Å²) in [4.78, 5) is 42.7. The Kier molecular flexibility index (Phi) is 20.5. The number of methoxy groups -OCH3 is 1. The van der Waals surface area contributed by atoms with Crippen molar-refractivity contribution in [2.24, 2.45) is 0 Å². The highest BCUT2D eigenvalue weighted by molar-refractivity contribution is 9.10. The lowest BCUT2D eigenvalue weighted by Gasteiger charge is -2.40. The Labute approximate surface area is 557 Å². The minimum Gasteiger partial charge on any atom is -0.505 e. The molecular weight excluding hydrogens is 1390 g/mol. The third-order valence-electron chi connectivity index (χ3n) is 17.2. The van der Waals surface area contributed by atoms with Crippen molar-refractivity contribution in [1.82, 2.24) is 12.9 Å². The van der Waals surface area contributed by atoms with E-state index in [1.807, 2.05) is 81.4 Å². The Morgan fingerprint density at radius 3 is 1.37 bits per heavy atom. The number of hydrogen-bond donors (Lipinski definition) is 2. The number of para-hydroxylation sites is 2. The summed E-state index contributed by atoms with van der Waals surface area (Å²) in [5.41, 5.74) is 8.49. The lowest BCUT2D eigenvalue weighted by atomic mass is 10.00. The van der Waals surface area contributed by atoms with Gasteiger partial charge in [0, 0.05) is 78.6 Å². The maximum atomic E-state index is 13.5. The molecule has 0 radical (unpaired) electrons. The van der Waals surface area contributed by atoms with Crippen molar-refractivity contribution >= 4 is 128 Å². The first-order chi connectivity index (χ1) is 43.1. The number of phenolic OH excluding ortho intramolecular Hbond substituents is 2. The van der Waals surface area contributed by atoms with E-state index in [2.05, 4.69) is 15.9 Å². The second kappa shape index (κ2) is 27.5. The highest BCUT2D eigenvalue weighted by Crippen LogP contribution is 2.42. The summed E-state index contributed by atoms with van der Waals surface area (Å²) in [6, 6.07) is 25.2. The number of carbonyl (C=O) groups is 3. The number of aromatic hydroxyl groups is 2. The summed E-state index contributed by atoms with van der Waals surface area (Å²) >= 11 is 27.0. The number of ether oxygens (including phenoxy) is 4. The molecule has 6 aromatic carbocycles. The molecule has 3 amide bonds. The van der Waals surface area contributed by atoms with Crippen molar-refractivity contribution in [1.29, 1.82) is 0 Å². The van der Waals surface area contributed by atoms with Crippen molar-refractivity contribution in [2.45, 2.75) is 119 Å². The Hall–Kier alpha value is -6.10. The number of benzene rings is 6. The molecular formula is C62H65BrCl4N6O15S3. The zero-order chi connectivity index (χ0) is 65.6. The number of amides is 3. The van der Waals surface area contributed by atoms with E-state index < -0.39 is 42.3 Å². The predicted octanol–water partition coefficient (Wildman–Crippen LogP) is 13.0. The van der Waals surface area contributed by atoms with Crippen LogP contribution >= 0.6 is 62.3 Å². The molecule has 0 saturated carbocycles. The molecule has 0 bridgehead atoms. The van der Waals surface area contributed by atoms with Gasteiger partial charge in [-0.2, -0.15) is 12.9 Å². The van der Waals surface area contributed by atoms with Crippen LogP contribution < -0.4 is 19.4 Å². The van der Waals surface area contributed by atoms with Crippen molar-refractivity contribution in [3.63, 3.8) is 0 Å². The van der Waals surface area contributed by atoms with Crippen molar-refractivity contribution in [3.05, 3.63) is 155 Å². The molecule has 486 valence electrons. The van der Waals surface area contributed by atoms with Crippen LogP contribution in [0.2, 0.25) is 20.1 Å². The van der Waals surface area contributed by atoms with Crippen molar-refractivity contribution < 1.29 is 68.8 Å². The third-order valence-corrected chi connectivity index (χ3v) is 24.8. The van der Waals surface area contributed by atoms with Crippen LogP contribution in [0.3, 0.4) is 0 Å². The minimum absolute atomic E-state index is 0.0766. The van der Waals surface area contributed by atoms with Crippen LogP contribution in [-0.2, 0) is 64.1 Å². The van der Waals surface area contributed by atoms with Crippen LogP contribution in [0.5, 0.6) is 17.2 Å². The van der Waals surface area contributed by atoms with Gasteiger partial charge in [0.25, 0.3) is 0 Å². The molecule has 0 aliphatic carbocycles. The van der Waals surface area contributed by atoms with Gasteiger partial charge in [0.2, 0.25) is 30.1 Å². The number of fused-ring (bicyclic) bond motifs is 3. The summed E-state index contributed by atoms with van der Waals surface area (Å²) in [6.07, 6.45) is 1.72. The summed E-state index contributed by atoms with van der Waals surface area (Å²) in [5, 5.41) is 18.9. The zero-order valence-electron chi connectivity index (χ0n) is 50.0. The van der Waals surface area contributed by atoms with Crippen LogP contribution in [0.25, 0.3) is 0 Å². The topological polar surface area (TPSA) is 250 Å². The van der Waals surface area contributed by atoms with Gasteiger partial charge in [0.1, 0.15) is 25.6 Å². The second-order valence-electron chi connectivity index (χ2n) is 22.6. The molecule has 21 nitrogen and oxygen atoms in total. The van der Waals surface area contributed by atoms with E-state index in [0.717, 1.165) is 49.4 Å². The maximum absolute atomic E-state index is 13.5. The summed E-state index contributed by atoms with van der Waals surface area (Å²) in [7, 11) is -9.76. The van der Waals surface area contributed by atoms with Crippen LogP contribution in [0.15, 0.2) is 110 Å². The first-order valence-corrected chi connectivity index (χ1v) is 35.6. The molecule has 0 spiro atoms. The van der Waals surface area contributed by atoms with Crippen LogP contribution in [0.1, 0.15) is 77.5 Å². The van der Waals surface area contributed by atoms with Gasteiger partial charge in [-0.05, 0) is 143 Å². The molecule has 2 N–H and O–H groups in total. The number of phenols is 2. The first kappa shape index (κ1) is 67.8. The van der Waals surface area contributed by atoms with Gasteiger partial charge in [0.15, 0.2) is 11.5 Å². The molecule has 29 heteroatoms. The van der Waals surface area contributed by atoms with E-state index in [-0.39, 0.29) is 112 Å². The molecule has 0 unspecified atom stereocenters. The normalized spacial score (nSPS) is 18.1. The molecule has 3 saturated heterocycles. The number of anilines is 3. The Balaban J connectivity index is 0.000000150. The van der Waals surface area contributed by atoms with E-state index >= 15 is 0 Å². The molecule has 91 heavy (non-hydrogen) atoms. The smallest absolute Gasteiger partial charge is 0.414 e. The van der Waals surface area contributed by atoms with Gasteiger partial charge in [-0.15, -0.1) is 0 Å². The van der Waals surface area contributed by atoms with Gasteiger partial charge < -0.3 is 29.2 Å². The summed E-state index contributed by atoms with van der Waals surface area (Å²) in [5.74, 6) is -0.0199. The fraction of sp³-hybridized carbons (Fsp3) is 0.371. The first-order valence-electron chi connectivity index (χ1n) is 29.0. The molecule has 6 heterocycles. The fourth-order valence-electron chi connectivity index (χ4n) is 12.4. The van der Waals surface area contributed by atoms with Gasteiger partial charge in [-0.1, -0.05) is 98.7 Å². The quantitative estimate of drug-likeness (QED) is 0.121. The van der Waals surface area contributed by atoms with Crippen LogP contribution in [0, 0.1) is 27.7 Å². The highest BCUT2D eigenvalue weighted by atomic mass is 79.9. The fourth-order valence-corrected chi connectivity index (χ4v) is 19.0. The number of hydrogen-bond acceptors (Lipinski definition) is 15. The average Bonchev–Trinajstić information content (AvgIpc) is 0.797. The molecule has 6 aromatic rings. The molecule has 3 fully saturated rings. The largest absolute Gasteiger partial charge is 0.505 e. The average molecular weight is 1450 g/mol. The molecule has 6 aliphatic heterocycles. The van der Waals surface area contributed by atoms with E-state index in [4.69, 9.17) is 65.4 Å². The van der Waals surface area contributed by atoms with Gasteiger partial charge in [0.05, 0.1) is 58.9 Å². The number of carbonyl (C=O) groups excluding carboxylic acids is 3. The lowest BCUT2D eigenvalue weighted by Crippen LogP contribution is -2.50. The van der Waals surface area contributed by atoms with Crippen LogP contribution in [0.4, 0.5) is 31.4 Å². The summed E-state index contributed by atoms with van der Waals surface area (Å²) in [6.45, 7) is 9.76. The predicted molar refractivity (Wildman–Crippen MR) is 349 cm³/mol. The number of aryl methyl sites for hydroxylation is 2. The van der Waals surface area contributed by atoms with Gasteiger partial charge in [-0.25, -0.2) is 39.6 Å². The molecule has 12 rings (SSSR count). The van der Waals surface area contributed by atoms with Crippen molar-refractivity contribution in [3.8, 4) is 17.2 Å². The van der Waals surface area contributed by atoms with E-state index in [0.29, 0.717) is 73.4 Å². The number of sulfonamides is 3. The number of halogens is 5. The maximum Gasteiger partial charge on any atom is 0.414 e. The lowest BCUT2D eigenvalue weighted by molar-refractivity contribution is 0.135. The third kappa shape index (κ3) is 13.7. The van der Waals surface area contributed by atoms with Gasteiger partial charge >= 0.3 is 18.3 Å². The van der Waals surface area contributed by atoms with Crippen LogP contribution in [-0.4, -0.2) is 131 Å². The van der Waals surface area contributed by atoms with E-state index in [1.165, 1.54) is 37.2 Å². The second-order valence-corrected chi connectivity index (χ2v) is 30.9. The summed E-state index contributed by atoms with van der Waals surface area (Å²) < 4.78 is 106. The molecule has 0 atom stereocenters. The standard InChI is InChI=1S/C23H27BrN2O5S.C20H20Cl2N2O5S.C19H18Cl2N2O5S/c1-14-11-21(30-4)15(2)16(3)22(14)32(28,29)25-9-7-19(8-10-25)26-20-6-5-18(24)12-17(20)13-31-23(26)27;1-12-3-2-4-13-11-29-20(26)24(18(12)13)14-5-7-23(8-6-14)30(27,28)15-9-16(21)19(25)17(22)10-15;20-15-9-14(10-16(21)18(15)24)29(26,27)22-7-5-13(6-8-22)23-17-4-2-1-3-12(17)11-28-19(23)25/h5-6,11-12,19H,7-10,13H2,1-4H3;2-4,9-10,14,25H,5-8,11H2,1H3;1-4,9-10,13,24H,5-8,11H2. The number of cyclic esters (lactones) is 3. The number of piperidine rings is 3. The van der Waals surface area contributed by atoms with E-state index in [1.54, 1.807) is 34.8 Å². The minimum atomic E-state index is -3.84. The zero-order valence-corrected chi connectivity index (χ0v) is 57.1. The molecule has 0 aromatic heterocycles. The molecule has 6 aliphatic rings. The SMILES string of the molecule is COc1cc(C)c(S(=O)(=O)N2CCC(N3C(=O)OCc4cc(Br)ccc43)CC2)c(C)c1C.Cc1cccc2c1N(C1CCN(S(=O)(=O)c3cc(Cl)c(O)c(Cl)c3)CC1)C(=O)OC2.O=C1OCc2ccccc2N1C1CCN(S(=O)(=O)c2cc(Cl)c(O)c(Cl)c2)CC1. The number of rotatable bonds is 10. The van der Waals surface area contributed by atoms with Crippen molar-refractivity contribution in [2.75, 3.05) is 61.1 Å². The monoisotopic (exact) mass is 1450 g/mol.